The molecule has 1 heterocycles. The van der Waals surface area contributed by atoms with Gasteiger partial charge in [-0.15, -0.1) is 0 Å². The van der Waals surface area contributed by atoms with Crippen LogP contribution < -0.4 is 16.0 Å². The first-order valence-corrected chi connectivity index (χ1v) is 14.9. The minimum Gasteiger partial charge on any atom is -0.462 e. The van der Waals surface area contributed by atoms with E-state index in [4.69, 9.17) is 14.3 Å². The van der Waals surface area contributed by atoms with Crippen molar-refractivity contribution in [2.24, 2.45) is 5.16 Å². The van der Waals surface area contributed by atoms with Gasteiger partial charge in [-0.25, -0.2) is 9.59 Å². The third-order valence-corrected chi connectivity index (χ3v) is 7.06. The molecule has 0 aliphatic carbocycles. The number of benzene rings is 3. The Morgan fingerprint density at radius 2 is 1.52 bits per heavy atom. The molecule has 3 atom stereocenters. The molecule has 1 aliphatic rings. The quantitative estimate of drug-likeness (QED) is 0.224. The zero-order chi connectivity index (χ0) is 31.3. The van der Waals surface area contributed by atoms with Gasteiger partial charge in [0.1, 0.15) is 29.4 Å². The summed E-state index contributed by atoms with van der Waals surface area (Å²) in [6.07, 6.45) is -0.559. The number of nitrogens with zero attached hydrogens (tertiary/aromatic N) is 1. The molecule has 0 spiro atoms. The Bertz CT molecular complexity index is 1450. The SMILES string of the molecule is CCOC(=O)c1ccc(NC(=O)C(CC2CC(Br)=NO2)NC(=O)[C@H](Cc2ccccc2)NC(=O)OCc2ccccc2)cc1. The first kappa shape index (κ1) is 32.2. The molecule has 2 unspecified atom stereocenters. The molecule has 3 aromatic rings. The minimum absolute atomic E-state index is 0.0280. The van der Waals surface area contributed by atoms with Crippen LogP contribution >= 0.6 is 15.9 Å². The molecule has 0 fully saturated rings. The predicted octanol–water partition coefficient (Wildman–Crippen LogP) is 4.71. The normalized spacial score (nSPS) is 15.1. The van der Waals surface area contributed by atoms with Crippen molar-refractivity contribution in [2.45, 2.75) is 51.0 Å². The zero-order valence-electron chi connectivity index (χ0n) is 24.0. The molecular formula is C32H33BrN4O7. The van der Waals surface area contributed by atoms with Crippen LogP contribution in [0.2, 0.25) is 0 Å². The van der Waals surface area contributed by atoms with E-state index in [9.17, 15) is 19.2 Å². The average Bonchev–Trinajstić information content (AvgIpc) is 3.45. The van der Waals surface area contributed by atoms with E-state index >= 15 is 0 Å². The summed E-state index contributed by atoms with van der Waals surface area (Å²) >= 11 is 3.30. The standard InChI is InChI=1S/C32H33BrN4O7/c1-2-42-31(40)23-13-15-24(16-14-23)34-29(38)27(18-25-19-28(33)37-44-25)35-30(39)26(17-21-9-5-3-6-10-21)36-32(41)43-20-22-11-7-4-8-12-22/h3-16,25-27H,2,17-20H2,1H3,(H,34,38)(H,35,39)(H,36,41)/t25?,26-,27?/m0/s1. The van der Waals surface area contributed by atoms with Crippen molar-refractivity contribution < 1.29 is 33.5 Å². The first-order chi connectivity index (χ1) is 21.3. The summed E-state index contributed by atoms with van der Waals surface area (Å²) in [5.74, 6) is -1.57. The molecule has 0 bridgehead atoms. The lowest BCUT2D eigenvalue weighted by molar-refractivity contribution is -0.128. The number of anilines is 1. The Morgan fingerprint density at radius 3 is 2.14 bits per heavy atom. The number of amides is 3. The third-order valence-electron chi connectivity index (χ3n) is 6.60. The van der Waals surface area contributed by atoms with Gasteiger partial charge >= 0.3 is 12.1 Å². The van der Waals surface area contributed by atoms with Crippen molar-refractivity contribution in [1.82, 2.24) is 10.6 Å². The molecule has 230 valence electrons. The summed E-state index contributed by atoms with van der Waals surface area (Å²) in [6, 6.07) is 22.5. The molecule has 0 radical (unpaired) electrons. The number of alkyl carbamates (subject to hydrolysis) is 1. The lowest BCUT2D eigenvalue weighted by atomic mass is 10.0. The van der Waals surface area contributed by atoms with Crippen molar-refractivity contribution in [2.75, 3.05) is 11.9 Å². The molecule has 11 nitrogen and oxygen atoms in total. The summed E-state index contributed by atoms with van der Waals surface area (Å²) in [6.45, 7) is 1.99. The predicted molar refractivity (Wildman–Crippen MR) is 167 cm³/mol. The molecule has 12 heteroatoms. The van der Waals surface area contributed by atoms with Gasteiger partial charge in [0.2, 0.25) is 11.8 Å². The largest absolute Gasteiger partial charge is 0.462 e. The van der Waals surface area contributed by atoms with Crippen LogP contribution in [-0.2, 0) is 36.9 Å². The number of oxime groups is 1. The maximum atomic E-state index is 13.7. The maximum Gasteiger partial charge on any atom is 0.408 e. The minimum atomic E-state index is -1.05. The second-order valence-corrected chi connectivity index (χ2v) is 10.8. The molecule has 0 aromatic heterocycles. The number of halogens is 1. The number of carbonyl (C=O) groups excluding carboxylic acids is 4. The molecule has 3 N–H and O–H groups in total. The number of esters is 1. The van der Waals surface area contributed by atoms with Crippen LogP contribution in [0, 0.1) is 0 Å². The molecule has 44 heavy (non-hydrogen) atoms. The van der Waals surface area contributed by atoms with E-state index in [0.717, 1.165) is 11.1 Å². The smallest absolute Gasteiger partial charge is 0.408 e. The van der Waals surface area contributed by atoms with Gasteiger partial charge in [0.05, 0.1) is 12.2 Å². The van der Waals surface area contributed by atoms with E-state index in [0.29, 0.717) is 22.3 Å². The number of ether oxygens (including phenoxy) is 2. The van der Waals surface area contributed by atoms with Crippen LogP contribution in [0.15, 0.2) is 90.1 Å². The van der Waals surface area contributed by atoms with Gasteiger partial charge in [0, 0.05) is 24.9 Å². The highest BCUT2D eigenvalue weighted by atomic mass is 79.9. The van der Waals surface area contributed by atoms with E-state index in [-0.39, 0.29) is 26.1 Å². The number of hydrogen-bond acceptors (Lipinski definition) is 8. The Labute approximate surface area is 263 Å². The highest BCUT2D eigenvalue weighted by molar-refractivity contribution is 9.18. The molecular weight excluding hydrogens is 632 g/mol. The number of rotatable bonds is 13. The van der Waals surface area contributed by atoms with Crippen LogP contribution in [0.25, 0.3) is 0 Å². The third kappa shape index (κ3) is 9.94. The molecule has 0 saturated carbocycles. The van der Waals surface area contributed by atoms with Crippen molar-refractivity contribution in [3.8, 4) is 0 Å². The van der Waals surface area contributed by atoms with E-state index in [1.54, 1.807) is 19.1 Å². The molecule has 0 saturated heterocycles. The second-order valence-electron chi connectivity index (χ2n) is 9.93. The highest BCUT2D eigenvalue weighted by Gasteiger charge is 2.32. The van der Waals surface area contributed by atoms with Crippen LogP contribution in [0.1, 0.15) is 41.3 Å². The van der Waals surface area contributed by atoms with E-state index in [2.05, 4.69) is 37.0 Å². The Kier molecular flexibility index (Phi) is 11.9. The summed E-state index contributed by atoms with van der Waals surface area (Å²) in [5, 5.41) is 12.1. The van der Waals surface area contributed by atoms with Gasteiger partial charge < -0.3 is 30.3 Å². The van der Waals surface area contributed by atoms with Crippen LogP contribution in [-0.4, -0.2) is 53.3 Å². The van der Waals surface area contributed by atoms with E-state index in [1.165, 1.54) is 12.1 Å². The molecule has 3 amide bonds. The maximum absolute atomic E-state index is 13.7. The van der Waals surface area contributed by atoms with Gasteiger partial charge in [-0.2, -0.15) is 0 Å². The van der Waals surface area contributed by atoms with Gasteiger partial charge in [-0.3, -0.25) is 9.59 Å². The molecule has 3 aromatic carbocycles. The summed E-state index contributed by atoms with van der Waals surface area (Å²) < 4.78 is 10.9. The van der Waals surface area contributed by atoms with Crippen LogP contribution in [0.5, 0.6) is 0 Å². The number of carbonyl (C=O) groups is 4. The fourth-order valence-electron chi connectivity index (χ4n) is 4.39. The van der Waals surface area contributed by atoms with Gasteiger partial charge in [-0.1, -0.05) is 65.8 Å². The van der Waals surface area contributed by atoms with E-state index in [1.807, 2.05) is 60.7 Å². The topological polar surface area (TPSA) is 144 Å². The van der Waals surface area contributed by atoms with Crippen molar-refractivity contribution in [3.63, 3.8) is 0 Å². The van der Waals surface area contributed by atoms with Gasteiger partial charge in [0.25, 0.3) is 0 Å². The number of nitrogens with one attached hydrogen (secondary N) is 3. The highest BCUT2D eigenvalue weighted by Crippen LogP contribution is 2.20. The van der Waals surface area contributed by atoms with Gasteiger partial charge in [0.15, 0.2) is 0 Å². The van der Waals surface area contributed by atoms with Crippen LogP contribution in [0.4, 0.5) is 10.5 Å². The van der Waals surface area contributed by atoms with Crippen molar-refractivity contribution in [3.05, 3.63) is 102 Å². The first-order valence-electron chi connectivity index (χ1n) is 14.1. The summed E-state index contributed by atoms with van der Waals surface area (Å²) in [4.78, 5) is 57.3. The monoisotopic (exact) mass is 664 g/mol. The van der Waals surface area contributed by atoms with Crippen molar-refractivity contribution >= 4 is 50.1 Å². The second kappa shape index (κ2) is 16.2. The average molecular weight is 666 g/mol. The fourth-order valence-corrected chi connectivity index (χ4v) is 4.83. The fraction of sp³-hybridized carbons (Fsp3) is 0.281. The number of hydrogen-bond donors (Lipinski definition) is 3. The Hall–Kier alpha value is -4.71. The summed E-state index contributed by atoms with van der Waals surface area (Å²) in [7, 11) is 0. The molecule has 4 rings (SSSR count). The lowest BCUT2D eigenvalue weighted by Gasteiger charge is -2.24. The Balaban J connectivity index is 1.47. The Morgan fingerprint density at radius 1 is 0.864 bits per heavy atom. The zero-order valence-corrected chi connectivity index (χ0v) is 25.6. The summed E-state index contributed by atoms with van der Waals surface area (Å²) in [5.41, 5.74) is 2.35. The van der Waals surface area contributed by atoms with E-state index < -0.39 is 42.1 Å². The molecule has 1 aliphatic heterocycles. The van der Waals surface area contributed by atoms with Crippen molar-refractivity contribution in [1.29, 1.82) is 0 Å². The lowest BCUT2D eigenvalue weighted by Crippen LogP contribution is -2.54. The van der Waals surface area contributed by atoms with Crippen LogP contribution in [0.3, 0.4) is 0 Å². The van der Waals surface area contributed by atoms with Gasteiger partial charge in [-0.05, 0) is 58.2 Å².